The van der Waals surface area contributed by atoms with E-state index in [1.165, 1.54) is 0 Å². The van der Waals surface area contributed by atoms with E-state index < -0.39 is 0 Å². The van der Waals surface area contributed by atoms with Crippen LogP contribution in [-0.4, -0.2) is 41.5 Å². The zero-order chi connectivity index (χ0) is 12.7. The number of nitrogens with zero attached hydrogens (tertiary/aromatic N) is 1. The van der Waals surface area contributed by atoms with Gasteiger partial charge in [0.25, 0.3) is 0 Å². The zero-order valence-corrected chi connectivity index (χ0v) is 10.2. The molecule has 5 heteroatoms. The van der Waals surface area contributed by atoms with Crippen molar-refractivity contribution in [2.24, 2.45) is 11.7 Å². The van der Waals surface area contributed by atoms with Gasteiger partial charge in [-0.2, -0.15) is 0 Å². The molecular weight excluding hydrogens is 220 g/mol. The third-order valence-electron chi connectivity index (χ3n) is 3.32. The number of rotatable bonds is 6. The molecule has 1 aliphatic heterocycles. The van der Waals surface area contributed by atoms with Gasteiger partial charge >= 0.3 is 0 Å². The van der Waals surface area contributed by atoms with Crippen LogP contribution in [0.25, 0.3) is 0 Å². The summed E-state index contributed by atoms with van der Waals surface area (Å²) in [4.78, 5) is 24.2. The number of amides is 2. The van der Waals surface area contributed by atoms with Gasteiger partial charge in [0.2, 0.25) is 11.8 Å². The van der Waals surface area contributed by atoms with Crippen LogP contribution in [0.15, 0.2) is 0 Å². The number of hydrogen-bond donors (Lipinski definition) is 2. The number of aliphatic hydroxyl groups is 1. The minimum atomic E-state index is -0.348. The number of primary amides is 1. The van der Waals surface area contributed by atoms with Crippen LogP contribution in [0.1, 0.15) is 38.5 Å². The maximum atomic E-state index is 11.8. The molecular formula is C12H22N2O3. The number of nitrogens with two attached hydrogens (primary N) is 1. The van der Waals surface area contributed by atoms with Crippen LogP contribution in [-0.2, 0) is 9.59 Å². The van der Waals surface area contributed by atoms with Gasteiger partial charge in [-0.25, -0.2) is 0 Å². The fraction of sp³-hybridized carbons (Fsp3) is 0.833. The second kappa shape index (κ2) is 7.27. The van der Waals surface area contributed by atoms with Crippen LogP contribution in [0.4, 0.5) is 0 Å². The van der Waals surface area contributed by atoms with Crippen molar-refractivity contribution >= 4 is 11.8 Å². The number of hydrogen-bond acceptors (Lipinski definition) is 3. The lowest BCUT2D eigenvalue weighted by Crippen LogP contribution is -2.38. The van der Waals surface area contributed by atoms with Gasteiger partial charge in [0.05, 0.1) is 0 Å². The number of aliphatic hydroxyl groups excluding tert-OH is 1. The van der Waals surface area contributed by atoms with Crippen LogP contribution in [0, 0.1) is 5.92 Å². The van der Waals surface area contributed by atoms with Gasteiger partial charge in [-0.1, -0.05) is 0 Å². The van der Waals surface area contributed by atoms with E-state index in [2.05, 4.69) is 0 Å². The lowest BCUT2D eigenvalue weighted by atomic mass is 9.94. The summed E-state index contributed by atoms with van der Waals surface area (Å²) in [5.41, 5.74) is 5.02. The maximum absolute atomic E-state index is 11.8. The molecule has 0 spiro atoms. The predicted octanol–water partition coefficient (Wildman–Crippen LogP) is 0.263. The Morgan fingerprint density at radius 2 is 1.88 bits per heavy atom. The average molecular weight is 242 g/mol. The van der Waals surface area contributed by atoms with Crippen LogP contribution in [0.3, 0.4) is 0 Å². The first-order chi connectivity index (χ1) is 8.13. The topological polar surface area (TPSA) is 83.6 Å². The summed E-state index contributed by atoms with van der Waals surface area (Å²) in [6.07, 6.45) is 4.03. The van der Waals surface area contributed by atoms with E-state index in [9.17, 15) is 9.59 Å². The first kappa shape index (κ1) is 14.0. The van der Waals surface area contributed by atoms with Gasteiger partial charge in [0, 0.05) is 32.5 Å². The molecule has 1 aliphatic rings. The summed E-state index contributed by atoms with van der Waals surface area (Å²) in [6.45, 7) is 1.79. The maximum Gasteiger partial charge on any atom is 0.222 e. The Kier molecular flexibility index (Phi) is 5.97. The fourth-order valence-corrected chi connectivity index (χ4v) is 2.23. The van der Waals surface area contributed by atoms with Crippen LogP contribution >= 0.6 is 0 Å². The van der Waals surface area contributed by atoms with Gasteiger partial charge in [-0.05, 0) is 31.6 Å². The fourth-order valence-electron chi connectivity index (χ4n) is 2.23. The summed E-state index contributed by atoms with van der Waals surface area (Å²) in [5.74, 6) is 0.322. The molecule has 0 aromatic carbocycles. The van der Waals surface area contributed by atoms with E-state index in [-0.39, 0.29) is 24.8 Å². The molecule has 0 aromatic rings. The molecule has 0 atom stereocenters. The summed E-state index contributed by atoms with van der Waals surface area (Å²) >= 11 is 0. The average Bonchev–Trinajstić information content (AvgIpc) is 2.30. The molecule has 17 heavy (non-hydrogen) atoms. The van der Waals surface area contributed by atoms with Gasteiger partial charge in [-0.3, -0.25) is 9.59 Å². The zero-order valence-electron chi connectivity index (χ0n) is 10.2. The van der Waals surface area contributed by atoms with Crippen LogP contribution < -0.4 is 5.73 Å². The van der Waals surface area contributed by atoms with Crippen molar-refractivity contribution in [1.29, 1.82) is 0 Å². The number of carbonyl (C=O) groups excluding carboxylic acids is 2. The third-order valence-corrected chi connectivity index (χ3v) is 3.32. The minimum absolute atomic E-state index is 0.119. The SMILES string of the molecule is NC(=O)CCCC(=O)N1CCC(CCO)CC1. The third kappa shape index (κ3) is 5.17. The van der Waals surface area contributed by atoms with Gasteiger partial charge < -0.3 is 15.7 Å². The normalized spacial score (nSPS) is 17.1. The molecule has 0 aliphatic carbocycles. The van der Waals surface area contributed by atoms with E-state index in [0.29, 0.717) is 18.8 Å². The molecule has 2 amide bonds. The number of piperidine rings is 1. The Balaban J connectivity index is 2.19. The summed E-state index contributed by atoms with van der Waals surface area (Å²) in [5, 5.41) is 8.84. The molecule has 0 bridgehead atoms. The first-order valence-electron chi connectivity index (χ1n) is 6.30. The van der Waals surface area contributed by atoms with Gasteiger partial charge in [-0.15, -0.1) is 0 Å². The molecule has 0 unspecified atom stereocenters. The van der Waals surface area contributed by atoms with E-state index in [1.807, 2.05) is 4.90 Å². The molecule has 0 saturated carbocycles. The number of carbonyl (C=O) groups is 2. The highest BCUT2D eigenvalue weighted by Crippen LogP contribution is 2.20. The number of likely N-dealkylation sites (tertiary alicyclic amines) is 1. The summed E-state index contributed by atoms with van der Waals surface area (Å²) in [7, 11) is 0. The molecule has 1 fully saturated rings. The van der Waals surface area contributed by atoms with Crippen molar-refractivity contribution < 1.29 is 14.7 Å². The van der Waals surface area contributed by atoms with Crippen molar-refractivity contribution in [1.82, 2.24) is 4.90 Å². The standard InChI is InChI=1S/C12H22N2O3/c13-11(16)2-1-3-12(17)14-7-4-10(5-8-14)6-9-15/h10,15H,1-9H2,(H2,13,16). The van der Waals surface area contributed by atoms with Crippen molar-refractivity contribution in [2.75, 3.05) is 19.7 Å². The highest BCUT2D eigenvalue weighted by molar-refractivity contribution is 5.78. The quantitative estimate of drug-likeness (QED) is 0.701. The molecule has 5 nitrogen and oxygen atoms in total. The molecule has 0 aromatic heterocycles. The summed E-state index contributed by atoms with van der Waals surface area (Å²) in [6, 6.07) is 0. The lowest BCUT2D eigenvalue weighted by Gasteiger charge is -2.31. The molecule has 1 saturated heterocycles. The van der Waals surface area contributed by atoms with Crippen molar-refractivity contribution in [3.63, 3.8) is 0 Å². The predicted molar refractivity (Wildman–Crippen MR) is 64.1 cm³/mol. The van der Waals surface area contributed by atoms with Gasteiger partial charge in [0.1, 0.15) is 0 Å². The first-order valence-corrected chi connectivity index (χ1v) is 6.30. The Morgan fingerprint density at radius 3 is 2.41 bits per heavy atom. The Hall–Kier alpha value is -1.10. The van der Waals surface area contributed by atoms with Crippen LogP contribution in [0.2, 0.25) is 0 Å². The Labute approximate surface area is 102 Å². The minimum Gasteiger partial charge on any atom is -0.396 e. The highest BCUT2D eigenvalue weighted by Gasteiger charge is 2.21. The lowest BCUT2D eigenvalue weighted by molar-refractivity contribution is -0.132. The molecule has 3 N–H and O–H groups in total. The Morgan fingerprint density at radius 1 is 1.24 bits per heavy atom. The van der Waals surface area contributed by atoms with E-state index in [1.54, 1.807) is 0 Å². The molecule has 1 heterocycles. The molecule has 98 valence electrons. The van der Waals surface area contributed by atoms with Crippen molar-refractivity contribution in [2.45, 2.75) is 38.5 Å². The van der Waals surface area contributed by atoms with Gasteiger partial charge in [0.15, 0.2) is 0 Å². The smallest absolute Gasteiger partial charge is 0.222 e. The monoisotopic (exact) mass is 242 g/mol. The van der Waals surface area contributed by atoms with E-state index in [0.717, 1.165) is 32.4 Å². The van der Waals surface area contributed by atoms with Crippen molar-refractivity contribution in [3.05, 3.63) is 0 Å². The van der Waals surface area contributed by atoms with Crippen molar-refractivity contribution in [3.8, 4) is 0 Å². The molecule has 1 rings (SSSR count). The molecule has 0 radical (unpaired) electrons. The Bertz CT molecular complexity index is 260. The second-order valence-corrected chi connectivity index (χ2v) is 4.66. The van der Waals surface area contributed by atoms with E-state index in [4.69, 9.17) is 10.8 Å². The van der Waals surface area contributed by atoms with E-state index >= 15 is 0 Å². The largest absolute Gasteiger partial charge is 0.396 e. The summed E-state index contributed by atoms with van der Waals surface area (Å²) < 4.78 is 0. The second-order valence-electron chi connectivity index (χ2n) is 4.66. The van der Waals surface area contributed by atoms with Crippen LogP contribution in [0.5, 0.6) is 0 Å². The highest BCUT2D eigenvalue weighted by atomic mass is 16.3.